The van der Waals surface area contributed by atoms with Crippen molar-refractivity contribution in [2.75, 3.05) is 6.61 Å². The zero-order valence-corrected chi connectivity index (χ0v) is 20.0. The highest BCUT2D eigenvalue weighted by molar-refractivity contribution is 5.65. The maximum absolute atomic E-state index is 14.7. The van der Waals surface area contributed by atoms with Gasteiger partial charge in [-0.3, -0.25) is 0 Å². The largest absolute Gasteiger partial charge is 0.422 e. The summed E-state index contributed by atoms with van der Waals surface area (Å²) in [4.78, 5) is 0. The molecule has 0 saturated carbocycles. The Bertz CT molecular complexity index is 1360. The van der Waals surface area contributed by atoms with Gasteiger partial charge in [0.05, 0.1) is 12.7 Å². The van der Waals surface area contributed by atoms with Crippen LogP contribution in [0.25, 0.3) is 17.0 Å². The van der Waals surface area contributed by atoms with Gasteiger partial charge in [-0.2, -0.15) is 22.0 Å². The molecule has 0 N–H and O–H groups in total. The number of hydrogen-bond acceptors (Lipinski definition) is 1. The highest BCUT2D eigenvalue weighted by atomic mass is 19.4. The minimum Gasteiger partial charge on any atom is -0.378 e. The smallest absolute Gasteiger partial charge is 0.378 e. The summed E-state index contributed by atoms with van der Waals surface area (Å²) in [6.07, 6.45) is -6.18. The van der Waals surface area contributed by atoms with Crippen LogP contribution in [0.1, 0.15) is 47.4 Å². The topological polar surface area (TPSA) is 9.23 Å². The second-order valence-electron chi connectivity index (χ2n) is 9.21. The van der Waals surface area contributed by atoms with Crippen molar-refractivity contribution in [1.82, 2.24) is 0 Å². The van der Waals surface area contributed by atoms with Gasteiger partial charge < -0.3 is 4.74 Å². The van der Waals surface area contributed by atoms with E-state index in [4.69, 9.17) is 4.74 Å². The molecule has 3 aromatic rings. The van der Waals surface area contributed by atoms with Gasteiger partial charge in [-0.15, -0.1) is 0 Å². The van der Waals surface area contributed by atoms with Gasteiger partial charge in [0.25, 0.3) is 0 Å². The zero-order chi connectivity index (χ0) is 28.5. The van der Waals surface area contributed by atoms with Crippen molar-refractivity contribution in [3.8, 4) is 11.1 Å². The maximum Gasteiger partial charge on any atom is 0.422 e. The molecule has 11 heteroatoms. The number of hydrogen-bond donors (Lipinski definition) is 0. The standard InChI is InChI=1S/C28H20F10O/c29-21-9-14(2-7-20(21)17-11-23(31)25(24(32)12-17)28(36,37)38)1-5-18-6-3-16(13-39-18)19-8-4-15(10-22(19)30)26(33)27(34)35/h2,4,7-12,16,18H,1,3,5-6,13H2. The lowest BCUT2D eigenvalue weighted by Crippen LogP contribution is -2.25. The predicted octanol–water partition coefficient (Wildman–Crippen LogP) is 9.36. The van der Waals surface area contributed by atoms with Crippen molar-refractivity contribution < 1.29 is 48.6 Å². The number of benzene rings is 3. The molecule has 1 nitrogen and oxygen atoms in total. The highest BCUT2D eigenvalue weighted by Crippen LogP contribution is 2.37. The Kier molecular flexibility index (Phi) is 8.39. The minimum atomic E-state index is -5.23. The molecular weight excluding hydrogens is 542 g/mol. The fourth-order valence-electron chi connectivity index (χ4n) is 4.66. The van der Waals surface area contributed by atoms with E-state index < -0.39 is 52.5 Å². The quantitative estimate of drug-likeness (QED) is 0.272. The van der Waals surface area contributed by atoms with Crippen molar-refractivity contribution in [2.45, 2.75) is 43.9 Å². The number of ether oxygens (including phenoxy) is 1. The maximum atomic E-state index is 14.7. The Morgan fingerprint density at radius 2 is 1.49 bits per heavy atom. The molecule has 2 unspecified atom stereocenters. The van der Waals surface area contributed by atoms with Crippen LogP contribution in [0.4, 0.5) is 43.9 Å². The lowest BCUT2D eigenvalue weighted by atomic mass is 9.89. The normalized spacial score (nSPS) is 17.8. The summed E-state index contributed by atoms with van der Waals surface area (Å²) in [7, 11) is 0. The zero-order valence-electron chi connectivity index (χ0n) is 20.0. The van der Waals surface area contributed by atoms with Crippen molar-refractivity contribution in [3.63, 3.8) is 0 Å². The van der Waals surface area contributed by atoms with E-state index in [1.165, 1.54) is 18.2 Å². The summed E-state index contributed by atoms with van der Waals surface area (Å²) in [6, 6.07) is 7.73. The summed E-state index contributed by atoms with van der Waals surface area (Å²) in [5.41, 5.74) is -2.50. The van der Waals surface area contributed by atoms with Crippen LogP contribution in [-0.2, 0) is 17.3 Å². The van der Waals surface area contributed by atoms with Gasteiger partial charge in [-0.25, -0.2) is 22.0 Å². The van der Waals surface area contributed by atoms with Crippen LogP contribution in [0.5, 0.6) is 0 Å². The minimum absolute atomic E-state index is 0.134. The van der Waals surface area contributed by atoms with Crippen LogP contribution >= 0.6 is 0 Å². The molecule has 0 amide bonds. The van der Waals surface area contributed by atoms with Crippen molar-refractivity contribution in [3.05, 3.63) is 100 Å². The van der Waals surface area contributed by atoms with E-state index in [-0.39, 0.29) is 35.3 Å². The summed E-state index contributed by atoms with van der Waals surface area (Å²) >= 11 is 0. The molecular formula is C28H20F10O. The third kappa shape index (κ3) is 6.46. The number of alkyl halides is 3. The molecule has 1 heterocycles. The first-order valence-electron chi connectivity index (χ1n) is 11.8. The van der Waals surface area contributed by atoms with Crippen LogP contribution < -0.4 is 0 Å². The molecule has 1 fully saturated rings. The molecule has 208 valence electrons. The van der Waals surface area contributed by atoms with Crippen LogP contribution in [0.2, 0.25) is 0 Å². The van der Waals surface area contributed by atoms with Crippen LogP contribution in [0.15, 0.2) is 54.6 Å². The molecule has 0 bridgehead atoms. The Morgan fingerprint density at radius 3 is 2.03 bits per heavy atom. The van der Waals surface area contributed by atoms with E-state index in [0.29, 0.717) is 49.4 Å². The molecule has 0 aliphatic carbocycles. The Hall–Kier alpha value is -3.34. The van der Waals surface area contributed by atoms with E-state index in [1.807, 2.05) is 0 Å². The van der Waals surface area contributed by atoms with E-state index in [1.54, 1.807) is 0 Å². The number of aryl methyl sites for hydroxylation is 1. The second-order valence-corrected chi connectivity index (χ2v) is 9.21. The molecule has 1 aliphatic rings. The van der Waals surface area contributed by atoms with Gasteiger partial charge in [0.1, 0.15) is 28.8 Å². The van der Waals surface area contributed by atoms with Crippen molar-refractivity contribution in [1.29, 1.82) is 0 Å². The van der Waals surface area contributed by atoms with Crippen LogP contribution in [0, 0.1) is 23.3 Å². The van der Waals surface area contributed by atoms with Gasteiger partial charge in [0, 0.05) is 17.0 Å². The third-order valence-corrected chi connectivity index (χ3v) is 6.65. The van der Waals surface area contributed by atoms with Gasteiger partial charge in [-0.1, -0.05) is 24.3 Å². The average Bonchev–Trinajstić information content (AvgIpc) is 2.86. The summed E-state index contributed by atoms with van der Waals surface area (Å²) in [5, 5.41) is 0. The lowest BCUT2D eigenvalue weighted by Gasteiger charge is -2.29. The van der Waals surface area contributed by atoms with E-state index >= 15 is 0 Å². The summed E-state index contributed by atoms with van der Waals surface area (Å²) in [5.74, 6) is -7.53. The Morgan fingerprint density at radius 1 is 0.795 bits per heavy atom. The number of halogens is 10. The average molecular weight is 562 g/mol. The molecule has 1 saturated heterocycles. The molecule has 3 aromatic carbocycles. The Balaban J connectivity index is 1.36. The van der Waals surface area contributed by atoms with Crippen molar-refractivity contribution in [2.24, 2.45) is 0 Å². The third-order valence-electron chi connectivity index (χ3n) is 6.65. The first-order chi connectivity index (χ1) is 18.3. The first kappa shape index (κ1) is 28.7. The molecule has 1 aliphatic heterocycles. The number of rotatable bonds is 6. The van der Waals surface area contributed by atoms with E-state index in [2.05, 4.69) is 0 Å². The molecule has 2 atom stereocenters. The van der Waals surface area contributed by atoms with Gasteiger partial charge >= 0.3 is 12.3 Å². The van der Waals surface area contributed by atoms with E-state index in [9.17, 15) is 43.9 Å². The molecule has 0 spiro atoms. The molecule has 4 rings (SSSR count). The van der Waals surface area contributed by atoms with Gasteiger partial charge in [0.15, 0.2) is 5.83 Å². The summed E-state index contributed by atoms with van der Waals surface area (Å²) in [6.45, 7) is 0.134. The van der Waals surface area contributed by atoms with E-state index in [0.717, 1.165) is 12.1 Å². The van der Waals surface area contributed by atoms with Gasteiger partial charge in [-0.05, 0) is 66.6 Å². The molecule has 39 heavy (non-hydrogen) atoms. The lowest BCUT2D eigenvalue weighted by molar-refractivity contribution is -0.142. The second kappa shape index (κ2) is 11.4. The van der Waals surface area contributed by atoms with Crippen LogP contribution in [0.3, 0.4) is 0 Å². The SMILES string of the molecule is FC(F)=C(F)c1ccc(C2CCC(CCc3ccc(-c4cc(F)c(C(F)(F)F)c(F)c4)c(F)c3)OC2)c(F)c1. The van der Waals surface area contributed by atoms with Gasteiger partial charge in [0.2, 0.25) is 0 Å². The Labute approximate surface area is 216 Å². The van der Waals surface area contributed by atoms with Crippen molar-refractivity contribution >= 4 is 5.83 Å². The molecule has 0 aromatic heterocycles. The van der Waals surface area contributed by atoms with Crippen LogP contribution in [-0.4, -0.2) is 12.7 Å². The first-order valence-corrected chi connectivity index (χ1v) is 11.8. The summed E-state index contributed by atoms with van der Waals surface area (Å²) < 4.78 is 139. The fraction of sp³-hybridized carbons (Fsp3) is 0.286. The molecule has 0 radical (unpaired) electrons. The fourth-order valence-corrected chi connectivity index (χ4v) is 4.66. The highest BCUT2D eigenvalue weighted by Gasteiger charge is 2.38. The monoisotopic (exact) mass is 562 g/mol. The predicted molar refractivity (Wildman–Crippen MR) is 123 cm³/mol.